The van der Waals surface area contributed by atoms with Gasteiger partial charge in [-0.3, -0.25) is 0 Å². The summed E-state index contributed by atoms with van der Waals surface area (Å²) in [5.41, 5.74) is 0. The van der Waals surface area contributed by atoms with Crippen LogP contribution in [0.15, 0.2) is 0 Å². The summed E-state index contributed by atoms with van der Waals surface area (Å²) < 4.78 is 0. The smallest absolute Gasteiger partial charge is 0.0224 e. The quantitative estimate of drug-likeness (QED) is 0.732. The van der Waals surface area contributed by atoms with E-state index in [4.69, 9.17) is 0 Å². The molecule has 0 spiro atoms. The van der Waals surface area contributed by atoms with Crippen LogP contribution < -0.4 is 5.32 Å². The van der Waals surface area contributed by atoms with Crippen LogP contribution in [0, 0.1) is 11.8 Å². The molecule has 2 bridgehead atoms. The fourth-order valence-corrected chi connectivity index (χ4v) is 3.21. The molecule has 0 aromatic heterocycles. The zero-order chi connectivity index (χ0) is 9.38. The molecule has 1 unspecified atom stereocenters. The third kappa shape index (κ3) is 1.70. The number of nitrogens with one attached hydrogen (secondary N) is 1. The summed E-state index contributed by atoms with van der Waals surface area (Å²) in [7, 11) is 0. The van der Waals surface area contributed by atoms with Gasteiger partial charge in [-0.05, 0) is 57.2 Å². The fourth-order valence-electron chi connectivity index (χ4n) is 3.21. The van der Waals surface area contributed by atoms with Gasteiger partial charge in [0.15, 0.2) is 0 Å². The van der Waals surface area contributed by atoms with E-state index < -0.39 is 0 Å². The molecule has 1 atom stereocenters. The summed E-state index contributed by atoms with van der Waals surface area (Å²) in [5.74, 6) is 2.02. The maximum atomic E-state index is 3.81. The minimum absolute atomic E-state index is 0.832. The van der Waals surface area contributed by atoms with Crippen molar-refractivity contribution >= 4 is 0 Å². The van der Waals surface area contributed by atoms with Gasteiger partial charge in [-0.1, -0.05) is 6.42 Å². The summed E-state index contributed by atoms with van der Waals surface area (Å²) in [5, 5.41) is 3.81. The Hall–Kier alpha value is -0.0800. The minimum Gasteiger partial charge on any atom is -0.312 e. The number of hydrogen-bond donors (Lipinski definition) is 1. The Morgan fingerprint density at radius 3 is 2.36 bits per heavy atom. The molecule has 4 aliphatic rings. The molecule has 0 aromatic rings. The zero-order valence-corrected chi connectivity index (χ0v) is 9.04. The van der Waals surface area contributed by atoms with Crippen molar-refractivity contribution in [2.24, 2.45) is 11.8 Å². The standard InChI is InChI=1S/C12H22N2/c1-2-10(3-1)8-13-12-9-14-6-4-11(12)5-7-14/h10-13H,1-9H2. The lowest BCUT2D eigenvalue weighted by Gasteiger charge is -2.45. The van der Waals surface area contributed by atoms with Crippen LogP contribution in [-0.2, 0) is 0 Å². The molecule has 1 saturated carbocycles. The number of fused-ring (bicyclic) bond motifs is 3. The Bertz CT molecular complexity index is 192. The molecule has 2 heteroatoms. The normalized spacial score (nSPS) is 42.4. The first-order valence-electron chi connectivity index (χ1n) is 6.37. The first kappa shape index (κ1) is 9.17. The van der Waals surface area contributed by atoms with Gasteiger partial charge in [0, 0.05) is 12.6 Å². The summed E-state index contributed by atoms with van der Waals surface area (Å²) in [6.07, 6.45) is 7.33. The molecule has 1 aliphatic carbocycles. The van der Waals surface area contributed by atoms with E-state index in [2.05, 4.69) is 10.2 Å². The Morgan fingerprint density at radius 2 is 1.86 bits per heavy atom. The molecule has 80 valence electrons. The van der Waals surface area contributed by atoms with Crippen molar-refractivity contribution in [3.63, 3.8) is 0 Å². The summed E-state index contributed by atoms with van der Waals surface area (Å²) in [6.45, 7) is 5.37. The van der Waals surface area contributed by atoms with E-state index in [1.807, 2.05) is 0 Å². The number of nitrogens with zero attached hydrogens (tertiary/aromatic N) is 1. The van der Waals surface area contributed by atoms with Gasteiger partial charge in [0.2, 0.25) is 0 Å². The van der Waals surface area contributed by atoms with Gasteiger partial charge in [0.05, 0.1) is 0 Å². The van der Waals surface area contributed by atoms with Crippen LogP contribution in [0.25, 0.3) is 0 Å². The van der Waals surface area contributed by atoms with Crippen molar-refractivity contribution in [1.29, 1.82) is 0 Å². The van der Waals surface area contributed by atoms with Crippen molar-refractivity contribution < 1.29 is 0 Å². The maximum Gasteiger partial charge on any atom is 0.0224 e. The van der Waals surface area contributed by atoms with Crippen LogP contribution in [0.3, 0.4) is 0 Å². The molecule has 3 heterocycles. The van der Waals surface area contributed by atoms with Crippen molar-refractivity contribution in [3.05, 3.63) is 0 Å². The second-order valence-electron chi connectivity index (χ2n) is 5.45. The Balaban J connectivity index is 1.47. The van der Waals surface area contributed by atoms with Gasteiger partial charge in [0.1, 0.15) is 0 Å². The minimum atomic E-state index is 0.832. The fraction of sp³-hybridized carbons (Fsp3) is 1.00. The molecular formula is C12H22N2. The number of rotatable bonds is 3. The predicted octanol–water partition coefficient (Wildman–Crippen LogP) is 1.47. The first-order valence-corrected chi connectivity index (χ1v) is 6.37. The third-order valence-corrected chi connectivity index (χ3v) is 4.55. The molecule has 1 N–H and O–H groups in total. The largest absolute Gasteiger partial charge is 0.312 e. The molecule has 3 saturated heterocycles. The molecule has 0 radical (unpaired) electrons. The topological polar surface area (TPSA) is 15.3 Å². The summed E-state index contributed by atoms with van der Waals surface area (Å²) in [6, 6.07) is 0.832. The van der Waals surface area contributed by atoms with Crippen LogP contribution in [0.2, 0.25) is 0 Å². The van der Waals surface area contributed by atoms with E-state index in [9.17, 15) is 0 Å². The third-order valence-electron chi connectivity index (χ3n) is 4.55. The second-order valence-corrected chi connectivity index (χ2v) is 5.45. The van der Waals surface area contributed by atoms with Gasteiger partial charge in [0.25, 0.3) is 0 Å². The molecule has 4 fully saturated rings. The molecule has 3 aliphatic heterocycles. The first-order chi connectivity index (χ1) is 6.92. The van der Waals surface area contributed by atoms with Gasteiger partial charge in [-0.2, -0.15) is 0 Å². The zero-order valence-electron chi connectivity index (χ0n) is 9.04. The van der Waals surface area contributed by atoms with E-state index in [-0.39, 0.29) is 0 Å². The monoisotopic (exact) mass is 194 g/mol. The highest BCUT2D eigenvalue weighted by molar-refractivity contribution is 4.91. The van der Waals surface area contributed by atoms with Crippen molar-refractivity contribution in [3.8, 4) is 0 Å². The molecule has 0 amide bonds. The number of hydrogen-bond acceptors (Lipinski definition) is 2. The van der Waals surface area contributed by atoms with E-state index in [1.54, 1.807) is 0 Å². The van der Waals surface area contributed by atoms with Crippen molar-refractivity contribution in [1.82, 2.24) is 10.2 Å². The van der Waals surface area contributed by atoms with Gasteiger partial charge in [-0.15, -0.1) is 0 Å². The Kier molecular flexibility index (Phi) is 2.50. The highest BCUT2D eigenvalue weighted by atomic mass is 15.2. The highest BCUT2D eigenvalue weighted by Crippen LogP contribution is 2.29. The number of piperidine rings is 3. The van der Waals surface area contributed by atoms with E-state index in [1.165, 1.54) is 58.3 Å². The van der Waals surface area contributed by atoms with E-state index >= 15 is 0 Å². The Labute approximate surface area is 87.0 Å². The van der Waals surface area contributed by atoms with E-state index in [0.29, 0.717) is 0 Å². The van der Waals surface area contributed by atoms with Crippen LogP contribution in [0.5, 0.6) is 0 Å². The average Bonchev–Trinajstić information content (AvgIpc) is 2.17. The molecular weight excluding hydrogens is 172 g/mol. The highest BCUT2D eigenvalue weighted by Gasteiger charge is 2.34. The lowest BCUT2D eigenvalue weighted by molar-refractivity contribution is 0.0684. The average molecular weight is 194 g/mol. The van der Waals surface area contributed by atoms with Gasteiger partial charge < -0.3 is 10.2 Å². The van der Waals surface area contributed by atoms with Crippen molar-refractivity contribution in [2.45, 2.75) is 38.1 Å². The van der Waals surface area contributed by atoms with Crippen LogP contribution in [0.1, 0.15) is 32.1 Å². The SMILES string of the molecule is C1CC(CNC2CN3CCC2CC3)C1. The van der Waals surface area contributed by atoms with Crippen LogP contribution in [0.4, 0.5) is 0 Å². The van der Waals surface area contributed by atoms with Crippen LogP contribution >= 0.6 is 0 Å². The molecule has 0 aromatic carbocycles. The molecule has 14 heavy (non-hydrogen) atoms. The molecule has 2 nitrogen and oxygen atoms in total. The van der Waals surface area contributed by atoms with Gasteiger partial charge in [-0.25, -0.2) is 0 Å². The van der Waals surface area contributed by atoms with E-state index in [0.717, 1.165) is 17.9 Å². The summed E-state index contributed by atoms with van der Waals surface area (Å²) in [4.78, 5) is 2.64. The summed E-state index contributed by atoms with van der Waals surface area (Å²) >= 11 is 0. The van der Waals surface area contributed by atoms with Crippen LogP contribution in [-0.4, -0.2) is 37.1 Å². The molecule has 4 rings (SSSR count). The Morgan fingerprint density at radius 1 is 1.07 bits per heavy atom. The lowest BCUT2D eigenvalue weighted by atomic mass is 9.82. The van der Waals surface area contributed by atoms with Crippen molar-refractivity contribution in [2.75, 3.05) is 26.2 Å². The predicted molar refractivity (Wildman–Crippen MR) is 58.3 cm³/mol. The lowest BCUT2D eigenvalue weighted by Crippen LogP contribution is -2.56. The van der Waals surface area contributed by atoms with Gasteiger partial charge >= 0.3 is 0 Å². The maximum absolute atomic E-state index is 3.81. The second kappa shape index (κ2) is 3.82.